The lowest BCUT2D eigenvalue weighted by Crippen LogP contribution is -2.08. The largest absolute Gasteiger partial charge is 0.396 e. The van der Waals surface area contributed by atoms with Crippen LogP contribution in [0.2, 0.25) is 0 Å². The van der Waals surface area contributed by atoms with Gasteiger partial charge >= 0.3 is 0 Å². The van der Waals surface area contributed by atoms with E-state index in [0.717, 1.165) is 5.56 Å². The predicted octanol–water partition coefficient (Wildman–Crippen LogP) is 2.83. The maximum atomic E-state index is 13.2. The Morgan fingerprint density at radius 3 is 2.47 bits per heavy atom. The van der Waals surface area contributed by atoms with Crippen molar-refractivity contribution in [3.8, 4) is 0 Å². The first kappa shape index (κ1) is 11.3. The molecule has 0 heterocycles. The van der Waals surface area contributed by atoms with E-state index in [1.54, 1.807) is 6.07 Å². The molecule has 0 saturated carbocycles. The van der Waals surface area contributed by atoms with E-state index in [1.165, 1.54) is 12.1 Å². The predicted molar refractivity (Wildman–Crippen MR) is 65.3 cm³/mol. The highest BCUT2D eigenvalue weighted by Crippen LogP contribution is 2.18. The Morgan fingerprint density at radius 2 is 1.76 bits per heavy atom. The van der Waals surface area contributed by atoms with Crippen LogP contribution < -0.4 is 5.73 Å². The third kappa shape index (κ3) is 2.50. The third-order valence-corrected chi connectivity index (χ3v) is 2.56. The number of halogens is 1. The van der Waals surface area contributed by atoms with Crippen molar-refractivity contribution in [2.24, 2.45) is 0 Å². The first-order chi connectivity index (χ1) is 8.18. The van der Waals surface area contributed by atoms with Crippen molar-refractivity contribution < 1.29 is 9.18 Å². The van der Waals surface area contributed by atoms with E-state index in [-0.39, 0.29) is 23.5 Å². The van der Waals surface area contributed by atoms with Gasteiger partial charge in [-0.2, -0.15) is 0 Å². The van der Waals surface area contributed by atoms with E-state index in [2.05, 4.69) is 0 Å². The molecule has 0 bridgehead atoms. The molecule has 0 unspecified atom stereocenters. The minimum atomic E-state index is -0.552. The summed E-state index contributed by atoms with van der Waals surface area (Å²) in [5.74, 6) is -0.725. The molecule has 0 aliphatic rings. The van der Waals surface area contributed by atoms with Crippen molar-refractivity contribution in [1.29, 1.82) is 0 Å². The molecular weight excluding hydrogens is 217 g/mol. The van der Waals surface area contributed by atoms with Crippen LogP contribution >= 0.6 is 0 Å². The molecule has 0 aromatic heterocycles. The van der Waals surface area contributed by atoms with Crippen LogP contribution in [0.25, 0.3) is 0 Å². The summed E-state index contributed by atoms with van der Waals surface area (Å²) in [7, 11) is 0. The Labute approximate surface area is 98.9 Å². The van der Waals surface area contributed by atoms with Gasteiger partial charge in [0.15, 0.2) is 5.78 Å². The van der Waals surface area contributed by atoms with Gasteiger partial charge in [-0.25, -0.2) is 4.39 Å². The fourth-order valence-electron chi connectivity index (χ4n) is 1.66. The molecule has 0 fully saturated rings. The second-order valence-electron chi connectivity index (χ2n) is 3.79. The Balaban J connectivity index is 2.24. The monoisotopic (exact) mass is 229 g/mol. The average Bonchev–Trinajstić information content (AvgIpc) is 2.34. The SMILES string of the molecule is Nc1c(F)cccc1C(=O)Cc1ccccc1. The number of nitrogens with two attached hydrogens (primary N) is 1. The zero-order valence-electron chi connectivity index (χ0n) is 9.19. The van der Waals surface area contributed by atoms with Gasteiger partial charge in [-0.15, -0.1) is 0 Å². The van der Waals surface area contributed by atoms with Crippen molar-refractivity contribution in [3.63, 3.8) is 0 Å². The molecule has 86 valence electrons. The van der Waals surface area contributed by atoms with E-state index in [1.807, 2.05) is 30.3 Å². The summed E-state index contributed by atoms with van der Waals surface area (Å²) in [6, 6.07) is 13.6. The Hall–Kier alpha value is -2.16. The summed E-state index contributed by atoms with van der Waals surface area (Å²) < 4.78 is 13.2. The normalized spacial score (nSPS) is 10.2. The van der Waals surface area contributed by atoms with Crippen molar-refractivity contribution in [1.82, 2.24) is 0 Å². The molecule has 0 saturated heterocycles. The van der Waals surface area contributed by atoms with Gasteiger partial charge in [-0.1, -0.05) is 36.4 Å². The summed E-state index contributed by atoms with van der Waals surface area (Å²) in [6.45, 7) is 0. The first-order valence-corrected chi connectivity index (χ1v) is 5.29. The summed E-state index contributed by atoms with van der Waals surface area (Å²) in [4.78, 5) is 11.9. The van der Waals surface area contributed by atoms with Gasteiger partial charge in [0, 0.05) is 12.0 Å². The molecule has 2 N–H and O–H groups in total. The number of ketones is 1. The number of benzene rings is 2. The van der Waals surface area contributed by atoms with E-state index >= 15 is 0 Å². The van der Waals surface area contributed by atoms with Crippen molar-refractivity contribution in [2.75, 3.05) is 5.73 Å². The number of carbonyl (C=O) groups is 1. The Bertz CT molecular complexity index is 537. The number of Topliss-reactive ketones (excluding diaryl/α,β-unsaturated/α-hetero) is 1. The van der Waals surface area contributed by atoms with Crippen molar-refractivity contribution >= 4 is 11.5 Å². The van der Waals surface area contributed by atoms with Gasteiger partial charge in [-0.05, 0) is 17.7 Å². The molecule has 0 spiro atoms. The lowest BCUT2D eigenvalue weighted by molar-refractivity contribution is 0.0993. The minimum absolute atomic E-state index is 0.0755. The highest BCUT2D eigenvalue weighted by atomic mass is 19.1. The fourth-order valence-corrected chi connectivity index (χ4v) is 1.66. The minimum Gasteiger partial charge on any atom is -0.396 e. The van der Waals surface area contributed by atoms with E-state index in [4.69, 9.17) is 5.73 Å². The molecule has 0 aliphatic carbocycles. The molecule has 2 aromatic carbocycles. The maximum absolute atomic E-state index is 13.2. The topological polar surface area (TPSA) is 43.1 Å². The quantitative estimate of drug-likeness (QED) is 0.649. The summed E-state index contributed by atoms with van der Waals surface area (Å²) in [6.07, 6.45) is 0.231. The van der Waals surface area contributed by atoms with Crippen LogP contribution in [0, 0.1) is 5.82 Å². The Morgan fingerprint density at radius 1 is 1.06 bits per heavy atom. The maximum Gasteiger partial charge on any atom is 0.169 e. The molecule has 2 rings (SSSR count). The molecule has 17 heavy (non-hydrogen) atoms. The molecule has 0 atom stereocenters. The summed E-state index contributed by atoms with van der Waals surface area (Å²) >= 11 is 0. The van der Waals surface area contributed by atoms with Gasteiger partial charge in [0.25, 0.3) is 0 Å². The van der Waals surface area contributed by atoms with E-state index in [0.29, 0.717) is 0 Å². The molecular formula is C14H12FNO. The number of carbonyl (C=O) groups excluding carboxylic acids is 1. The third-order valence-electron chi connectivity index (χ3n) is 2.56. The van der Waals surface area contributed by atoms with Crippen molar-refractivity contribution in [3.05, 3.63) is 65.5 Å². The van der Waals surface area contributed by atoms with Crippen LogP contribution in [-0.4, -0.2) is 5.78 Å². The van der Waals surface area contributed by atoms with Gasteiger partial charge in [-0.3, -0.25) is 4.79 Å². The van der Waals surface area contributed by atoms with Crippen LogP contribution in [0.15, 0.2) is 48.5 Å². The van der Waals surface area contributed by atoms with Crippen LogP contribution in [-0.2, 0) is 6.42 Å². The smallest absolute Gasteiger partial charge is 0.169 e. The lowest BCUT2D eigenvalue weighted by Gasteiger charge is -2.05. The average molecular weight is 229 g/mol. The highest BCUT2D eigenvalue weighted by Gasteiger charge is 2.12. The number of rotatable bonds is 3. The number of para-hydroxylation sites is 1. The number of anilines is 1. The molecule has 0 radical (unpaired) electrons. The molecule has 2 nitrogen and oxygen atoms in total. The number of hydrogen-bond donors (Lipinski definition) is 1. The zero-order valence-corrected chi connectivity index (χ0v) is 9.19. The van der Waals surface area contributed by atoms with Gasteiger partial charge in [0.2, 0.25) is 0 Å². The lowest BCUT2D eigenvalue weighted by atomic mass is 10.0. The van der Waals surface area contributed by atoms with Gasteiger partial charge < -0.3 is 5.73 Å². The van der Waals surface area contributed by atoms with Crippen LogP contribution in [0.1, 0.15) is 15.9 Å². The molecule has 0 amide bonds. The Kier molecular flexibility index (Phi) is 3.19. The fraction of sp³-hybridized carbons (Fsp3) is 0.0714. The summed E-state index contributed by atoms with van der Waals surface area (Å²) in [5.41, 5.74) is 6.60. The standard InChI is InChI=1S/C14H12FNO/c15-12-8-4-7-11(14(12)16)13(17)9-10-5-2-1-3-6-10/h1-8H,9,16H2. The van der Waals surface area contributed by atoms with Gasteiger partial charge in [0.05, 0.1) is 5.69 Å². The van der Waals surface area contributed by atoms with Crippen LogP contribution in [0.5, 0.6) is 0 Å². The second kappa shape index (κ2) is 4.78. The van der Waals surface area contributed by atoms with E-state index in [9.17, 15) is 9.18 Å². The molecule has 3 heteroatoms. The van der Waals surface area contributed by atoms with Crippen molar-refractivity contribution in [2.45, 2.75) is 6.42 Å². The van der Waals surface area contributed by atoms with Crippen LogP contribution in [0.4, 0.5) is 10.1 Å². The second-order valence-corrected chi connectivity index (χ2v) is 3.79. The number of nitrogen functional groups attached to an aromatic ring is 1. The zero-order chi connectivity index (χ0) is 12.3. The van der Waals surface area contributed by atoms with Crippen LogP contribution in [0.3, 0.4) is 0 Å². The number of hydrogen-bond acceptors (Lipinski definition) is 2. The van der Waals surface area contributed by atoms with Gasteiger partial charge in [0.1, 0.15) is 5.82 Å². The van der Waals surface area contributed by atoms with E-state index < -0.39 is 5.82 Å². The first-order valence-electron chi connectivity index (χ1n) is 5.29. The summed E-state index contributed by atoms with van der Waals surface area (Å²) in [5, 5.41) is 0. The molecule has 0 aliphatic heterocycles. The highest BCUT2D eigenvalue weighted by molar-refractivity contribution is 6.01. The molecule has 2 aromatic rings.